The number of benzene rings is 2. The van der Waals surface area contributed by atoms with E-state index < -0.39 is 0 Å². The van der Waals surface area contributed by atoms with Crippen LogP contribution in [0, 0.1) is 20.3 Å². The van der Waals surface area contributed by atoms with Crippen molar-refractivity contribution in [1.82, 2.24) is 0 Å². The fraction of sp³-hybridized carbons (Fsp3) is 0.278. The average Bonchev–Trinajstić information content (AvgIpc) is 2.38. The van der Waals surface area contributed by atoms with Crippen LogP contribution in [0.3, 0.4) is 0 Å². The molecule has 0 aromatic heterocycles. The first-order valence-electron chi connectivity index (χ1n) is 6.61. The van der Waals surface area contributed by atoms with Crippen molar-refractivity contribution < 1.29 is 0 Å². The van der Waals surface area contributed by atoms with Gasteiger partial charge in [-0.2, -0.15) is 0 Å². The summed E-state index contributed by atoms with van der Waals surface area (Å²) in [6, 6.07) is 17.6. The molecule has 0 aliphatic rings. The SMILES string of the molecule is Cc1ccc([CH+]CC(C)c2ccc(C)cc2)cc1. The summed E-state index contributed by atoms with van der Waals surface area (Å²) in [6.07, 6.45) is 3.41. The van der Waals surface area contributed by atoms with Gasteiger partial charge in [-0.1, -0.05) is 36.8 Å². The van der Waals surface area contributed by atoms with E-state index in [-0.39, 0.29) is 0 Å². The molecule has 0 aliphatic carbocycles. The summed E-state index contributed by atoms with van der Waals surface area (Å²) in [5.41, 5.74) is 5.38. The third kappa shape index (κ3) is 3.40. The fourth-order valence-corrected chi connectivity index (χ4v) is 2.05. The van der Waals surface area contributed by atoms with Gasteiger partial charge in [0.25, 0.3) is 0 Å². The highest BCUT2D eigenvalue weighted by atomic mass is 14.1. The van der Waals surface area contributed by atoms with E-state index >= 15 is 0 Å². The first-order chi connectivity index (χ1) is 8.65. The predicted octanol–water partition coefficient (Wildman–Crippen LogP) is 5.05. The van der Waals surface area contributed by atoms with E-state index in [1.165, 1.54) is 22.3 Å². The van der Waals surface area contributed by atoms with Gasteiger partial charge < -0.3 is 0 Å². The lowest BCUT2D eigenvalue weighted by Crippen LogP contribution is -1.95. The van der Waals surface area contributed by atoms with Gasteiger partial charge in [0.05, 0.1) is 0 Å². The molecule has 1 unspecified atom stereocenters. The lowest BCUT2D eigenvalue weighted by Gasteiger charge is -2.09. The van der Waals surface area contributed by atoms with Crippen LogP contribution in [0.1, 0.15) is 41.5 Å². The Morgan fingerprint density at radius 1 is 0.833 bits per heavy atom. The number of hydrogen-bond donors (Lipinski definition) is 0. The zero-order valence-corrected chi connectivity index (χ0v) is 11.5. The molecule has 0 saturated carbocycles. The van der Waals surface area contributed by atoms with E-state index in [4.69, 9.17) is 0 Å². The van der Waals surface area contributed by atoms with E-state index in [2.05, 4.69) is 75.7 Å². The molecule has 0 radical (unpaired) electrons. The molecular weight excluding hydrogens is 216 g/mol. The minimum atomic E-state index is 0.576. The van der Waals surface area contributed by atoms with E-state index in [1.807, 2.05) is 0 Å². The first-order valence-corrected chi connectivity index (χ1v) is 6.61. The summed E-state index contributed by atoms with van der Waals surface area (Å²) >= 11 is 0. The maximum absolute atomic E-state index is 2.32. The largest absolute Gasteiger partial charge is 0.129 e. The van der Waals surface area contributed by atoms with Crippen LogP contribution in [-0.4, -0.2) is 0 Å². The summed E-state index contributed by atoms with van der Waals surface area (Å²) in [4.78, 5) is 0. The highest BCUT2D eigenvalue weighted by Crippen LogP contribution is 2.22. The molecule has 18 heavy (non-hydrogen) atoms. The standard InChI is InChI=1S/C18H21/c1-14-4-9-17(10-5-14)11-8-16(3)18-12-6-15(2)7-13-18/h4-7,9-13,16H,8H2,1-3H3/q+1. The van der Waals surface area contributed by atoms with Gasteiger partial charge in [-0.15, -0.1) is 0 Å². The Morgan fingerprint density at radius 2 is 1.33 bits per heavy atom. The molecule has 2 rings (SSSR count). The van der Waals surface area contributed by atoms with Gasteiger partial charge in [0.15, 0.2) is 0 Å². The Morgan fingerprint density at radius 3 is 1.89 bits per heavy atom. The van der Waals surface area contributed by atoms with Gasteiger partial charge >= 0.3 is 0 Å². The molecule has 0 bridgehead atoms. The molecule has 0 saturated heterocycles. The van der Waals surface area contributed by atoms with Crippen molar-refractivity contribution >= 4 is 0 Å². The highest BCUT2D eigenvalue weighted by molar-refractivity contribution is 5.29. The van der Waals surface area contributed by atoms with Crippen molar-refractivity contribution in [3.8, 4) is 0 Å². The lowest BCUT2D eigenvalue weighted by molar-refractivity contribution is 0.754. The third-order valence-corrected chi connectivity index (χ3v) is 3.43. The second kappa shape index (κ2) is 5.77. The molecule has 0 fully saturated rings. The van der Waals surface area contributed by atoms with Crippen LogP contribution in [0.4, 0.5) is 0 Å². The topological polar surface area (TPSA) is 0 Å². The maximum Gasteiger partial charge on any atom is 0.129 e. The maximum atomic E-state index is 2.32. The van der Waals surface area contributed by atoms with Gasteiger partial charge in [0.1, 0.15) is 5.56 Å². The van der Waals surface area contributed by atoms with Crippen LogP contribution < -0.4 is 0 Å². The van der Waals surface area contributed by atoms with Gasteiger partial charge in [-0.3, -0.25) is 0 Å². The van der Waals surface area contributed by atoms with E-state index in [9.17, 15) is 0 Å². The normalized spacial score (nSPS) is 12.2. The van der Waals surface area contributed by atoms with Crippen LogP contribution in [0.25, 0.3) is 0 Å². The molecule has 0 N–H and O–H groups in total. The molecule has 0 nitrogen and oxygen atoms in total. The molecule has 0 heterocycles. The fourth-order valence-electron chi connectivity index (χ4n) is 2.05. The van der Waals surface area contributed by atoms with Crippen molar-refractivity contribution in [2.45, 2.75) is 33.1 Å². The van der Waals surface area contributed by atoms with Crippen molar-refractivity contribution in [2.75, 3.05) is 0 Å². The lowest BCUT2D eigenvalue weighted by atomic mass is 9.93. The van der Waals surface area contributed by atoms with Crippen molar-refractivity contribution in [1.29, 1.82) is 0 Å². The Balaban J connectivity index is 1.93. The first kappa shape index (κ1) is 12.8. The Bertz CT molecular complexity index is 476. The minimum Gasteiger partial charge on any atom is -0.0590 e. The van der Waals surface area contributed by atoms with E-state index in [1.54, 1.807) is 0 Å². The second-order valence-electron chi connectivity index (χ2n) is 5.16. The molecule has 2 aromatic rings. The summed E-state index contributed by atoms with van der Waals surface area (Å²) in [7, 11) is 0. The molecule has 92 valence electrons. The summed E-state index contributed by atoms with van der Waals surface area (Å²) in [5, 5.41) is 0. The van der Waals surface area contributed by atoms with Crippen LogP contribution >= 0.6 is 0 Å². The van der Waals surface area contributed by atoms with E-state index in [0.717, 1.165) is 6.42 Å². The second-order valence-corrected chi connectivity index (χ2v) is 5.16. The molecule has 1 atom stereocenters. The van der Waals surface area contributed by atoms with Crippen LogP contribution in [0.2, 0.25) is 0 Å². The molecular formula is C18H21+. The van der Waals surface area contributed by atoms with Crippen LogP contribution in [0.5, 0.6) is 0 Å². The number of hydrogen-bond acceptors (Lipinski definition) is 0. The Hall–Kier alpha value is -1.69. The highest BCUT2D eigenvalue weighted by Gasteiger charge is 2.09. The number of aryl methyl sites for hydroxylation is 2. The van der Waals surface area contributed by atoms with Gasteiger partial charge in [0.2, 0.25) is 0 Å². The zero-order valence-electron chi connectivity index (χ0n) is 11.5. The van der Waals surface area contributed by atoms with Gasteiger partial charge in [-0.25, -0.2) is 0 Å². The van der Waals surface area contributed by atoms with Crippen LogP contribution in [0.15, 0.2) is 48.5 Å². The average molecular weight is 237 g/mol. The molecule has 0 spiro atoms. The van der Waals surface area contributed by atoms with Crippen LogP contribution in [-0.2, 0) is 0 Å². The van der Waals surface area contributed by atoms with E-state index in [0.29, 0.717) is 5.92 Å². The van der Waals surface area contributed by atoms with Crippen molar-refractivity contribution in [3.05, 3.63) is 77.2 Å². The van der Waals surface area contributed by atoms with Crippen molar-refractivity contribution in [2.24, 2.45) is 0 Å². The third-order valence-electron chi connectivity index (χ3n) is 3.43. The van der Waals surface area contributed by atoms with Gasteiger partial charge in [-0.05, 0) is 43.0 Å². The summed E-state index contributed by atoms with van der Waals surface area (Å²) in [6.45, 7) is 6.54. The molecule has 2 aromatic carbocycles. The minimum absolute atomic E-state index is 0.576. The number of rotatable bonds is 4. The molecule has 0 amide bonds. The monoisotopic (exact) mass is 237 g/mol. The molecule has 0 aliphatic heterocycles. The Kier molecular flexibility index (Phi) is 4.09. The van der Waals surface area contributed by atoms with Crippen molar-refractivity contribution in [3.63, 3.8) is 0 Å². The zero-order chi connectivity index (χ0) is 13.0. The summed E-state index contributed by atoms with van der Waals surface area (Å²) in [5.74, 6) is 0.576. The Labute approximate surface area is 111 Å². The quantitative estimate of drug-likeness (QED) is 0.653. The smallest absolute Gasteiger partial charge is 0.0590 e. The summed E-state index contributed by atoms with van der Waals surface area (Å²) < 4.78 is 0. The van der Waals surface area contributed by atoms with Gasteiger partial charge in [0, 0.05) is 25.0 Å². The predicted molar refractivity (Wildman–Crippen MR) is 78.8 cm³/mol. The molecule has 0 heteroatoms.